The third kappa shape index (κ3) is 6.11. The van der Waals surface area contributed by atoms with Crippen LogP contribution in [0.5, 0.6) is 0 Å². The molecule has 1 saturated heterocycles. The first-order valence-corrected chi connectivity index (χ1v) is 10.5. The maximum atomic E-state index is 13.5. The predicted octanol–water partition coefficient (Wildman–Crippen LogP) is 5.13. The molecule has 0 saturated carbocycles. The van der Waals surface area contributed by atoms with Gasteiger partial charge in [0, 0.05) is 42.9 Å². The summed E-state index contributed by atoms with van der Waals surface area (Å²) in [6.45, 7) is 4.60. The molecule has 0 bridgehead atoms. The van der Waals surface area contributed by atoms with Gasteiger partial charge in [-0.2, -0.15) is 24.9 Å². The molecule has 0 spiro atoms. The van der Waals surface area contributed by atoms with Gasteiger partial charge in [0.05, 0.1) is 5.57 Å². The molecular weight excluding hydrogens is 397 g/mol. The van der Waals surface area contributed by atoms with Crippen LogP contribution in [0.25, 0.3) is 5.57 Å². The summed E-state index contributed by atoms with van der Waals surface area (Å²) in [6, 6.07) is 13.1. The van der Waals surface area contributed by atoms with Crippen LogP contribution in [-0.4, -0.2) is 41.6 Å². The Morgan fingerprint density at radius 3 is 2.48 bits per heavy atom. The second-order valence-electron chi connectivity index (χ2n) is 6.95. The standard InChI is InChI=1S/C22H23F3N2OS/c1-16-7-8-17(15-27-9-11-29-12-10-27)13-20(16)26-21(28)14-19(22(23,24)25)18-5-3-2-4-6-18/h2-8,13-14H,9-12,15H2,1H3,(H,26,28)/b19-14-. The molecule has 2 aromatic carbocycles. The largest absolute Gasteiger partial charge is 0.417 e. The zero-order valence-electron chi connectivity index (χ0n) is 16.1. The Hall–Kier alpha value is -2.25. The Morgan fingerprint density at radius 2 is 1.83 bits per heavy atom. The summed E-state index contributed by atoms with van der Waals surface area (Å²) in [7, 11) is 0. The average Bonchev–Trinajstić information content (AvgIpc) is 2.69. The van der Waals surface area contributed by atoms with Crippen LogP contribution in [-0.2, 0) is 11.3 Å². The lowest BCUT2D eigenvalue weighted by molar-refractivity contribution is -0.112. The van der Waals surface area contributed by atoms with E-state index in [9.17, 15) is 18.0 Å². The molecular formula is C22H23F3N2OS. The van der Waals surface area contributed by atoms with Crippen LogP contribution < -0.4 is 5.32 Å². The number of halogens is 3. The number of hydrogen-bond acceptors (Lipinski definition) is 3. The van der Waals surface area contributed by atoms with Gasteiger partial charge in [-0.05, 0) is 29.7 Å². The third-order valence-electron chi connectivity index (χ3n) is 4.74. The van der Waals surface area contributed by atoms with Crippen molar-refractivity contribution in [3.05, 3.63) is 71.3 Å². The number of rotatable bonds is 5. The molecule has 1 amide bonds. The van der Waals surface area contributed by atoms with Crippen LogP contribution in [0.1, 0.15) is 16.7 Å². The van der Waals surface area contributed by atoms with Gasteiger partial charge in [0.2, 0.25) is 5.91 Å². The summed E-state index contributed by atoms with van der Waals surface area (Å²) in [5.41, 5.74) is 1.36. The van der Waals surface area contributed by atoms with Gasteiger partial charge < -0.3 is 5.32 Å². The molecule has 154 valence electrons. The van der Waals surface area contributed by atoms with Crippen molar-refractivity contribution in [1.29, 1.82) is 0 Å². The van der Waals surface area contributed by atoms with Crippen LogP contribution in [0, 0.1) is 6.92 Å². The lowest BCUT2D eigenvalue weighted by Crippen LogP contribution is -2.32. The maximum Gasteiger partial charge on any atom is 0.417 e. The van der Waals surface area contributed by atoms with Gasteiger partial charge in [0.25, 0.3) is 0 Å². The summed E-state index contributed by atoms with van der Waals surface area (Å²) >= 11 is 1.93. The second-order valence-corrected chi connectivity index (χ2v) is 8.17. The van der Waals surface area contributed by atoms with Crippen LogP contribution in [0.15, 0.2) is 54.6 Å². The molecule has 3 nitrogen and oxygen atoms in total. The van der Waals surface area contributed by atoms with E-state index in [4.69, 9.17) is 0 Å². The second kappa shape index (κ2) is 9.50. The molecule has 0 atom stereocenters. The molecule has 1 aliphatic rings. The van der Waals surface area contributed by atoms with Crippen LogP contribution in [0.3, 0.4) is 0 Å². The quantitative estimate of drug-likeness (QED) is 0.681. The number of benzene rings is 2. The summed E-state index contributed by atoms with van der Waals surface area (Å²) in [4.78, 5) is 14.7. The number of thioether (sulfide) groups is 1. The fourth-order valence-corrected chi connectivity index (χ4v) is 4.14. The van der Waals surface area contributed by atoms with Crippen molar-refractivity contribution < 1.29 is 18.0 Å². The van der Waals surface area contributed by atoms with Gasteiger partial charge >= 0.3 is 6.18 Å². The van der Waals surface area contributed by atoms with Crippen LogP contribution in [0.2, 0.25) is 0 Å². The molecule has 0 aromatic heterocycles. The molecule has 2 aromatic rings. The number of nitrogens with zero attached hydrogens (tertiary/aromatic N) is 1. The predicted molar refractivity (Wildman–Crippen MR) is 113 cm³/mol. The molecule has 0 aliphatic carbocycles. The molecule has 0 unspecified atom stereocenters. The maximum absolute atomic E-state index is 13.5. The Bertz CT molecular complexity index is 875. The van der Waals surface area contributed by atoms with E-state index in [1.807, 2.05) is 36.9 Å². The molecule has 1 fully saturated rings. The number of hydrogen-bond donors (Lipinski definition) is 1. The van der Waals surface area contributed by atoms with E-state index >= 15 is 0 Å². The minimum absolute atomic E-state index is 0.0383. The number of anilines is 1. The average molecular weight is 421 g/mol. The Morgan fingerprint density at radius 1 is 1.14 bits per heavy atom. The number of alkyl halides is 3. The Kier molecular flexibility index (Phi) is 7.03. The third-order valence-corrected chi connectivity index (χ3v) is 5.68. The number of carbonyl (C=O) groups excluding carboxylic acids is 1. The lowest BCUT2D eigenvalue weighted by atomic mass is 10.0. The van der Waals surface area contributed by atoms with Gasteiger partial charge in [-0.25, -0.2) is 0 Å². The first-order valence-electron chi connectivity index (χ1n) is 9.38. The van der Waals surface area contributed by atoms with E-state index in [0.29, 0.717) is 11.8 Å². The van der Waals surface area contributed by atoms with E-state index < -0.39 is 17.7 Å². The van der Waals surface area contributed by atoms with E-state index in [1.54, 1.807) is 6.07 Å². The molecule has 3 rings (SSSR count). The van der Waals surface area contributed by atoms with Crippen molar-refractivity contribution in [2.45, 2.75) is 19.6 Å². The summed E-state index contributed by atoms with van der Waals surface area (Å²) in [6.07, 6.45) is -3.99. The topological polar surface area (TPSA) is 32.3 Å². The van der Waals surface area contributed by atoms with Gasteiger partial charge in [0.15, 0.2) is 0 Å². The smallest absolute Gasteiger partial charge is 0.322 e. The highest BCUT2D eigenvalue weighted by molar-refractivity contribution is 7.99. The minimum Gasteiger partial charge on any atom is -0.322 e. The number of carbonyl (C=O) groups is 1. The highest BCUT2D eigenvalue weighted by atomic mass is 32.2. The Balaban J connectivity index is 1.78. The number of allylic oxidation sites excluding steroid dienone is 1. The fraction of sp³-hybridized carbons (Fsp3) is 0.318. The SMILES string of the molecule is Cc1ccc(CN2CCSCC2)cc1NC(=O)/C=C(/c1ccccc1)C(F)(F)F. The molecule has 7 heteroatoms. The number of amides is 1. The van der Waals surface area contributed by atoms with Crippen molar-refractivity contribution in [2.24, 2.45) is 0 Å². The molecule has 1 N–H and O–H groups in total. The first kappa shape index (κ1) is 21.5. The number of aryl methyl sites for hydroxylation is 1. The summed E-state index contributed by atoms with van der Waals surface area (Å²) in [5.74, 6) is 1.40. The summed E-state index contributed by atoms with van der Waals surface area (Å²) in [5, 5.41) is 2.62. The zero-order valence-corrected chi connectivity index (χ0v) is 16.9. The van der Waals surface area contributed by atoms with Crippen molar-refractivity contribution in [2.75, 3.05) is 29.9 Å². The lowest BCUT2D eigenvalue weighted by Gasteiger charge is -2.26. The highest BCUT2D eigenvalue weighted by Crippen LogP contribution is 2.33. The van der Waals surface area contributed by atoms with Crippen LogP contribution >= 0.6 is 11.8 Å². The molecule has 1 aliphatic heterocycles. The Labute approximate surface area is 173 Å². The van der Waals surface area contributed by atoms with Gasteiger partial charge in [-0.3, -0.25) is 9.69 Å². The summed E-state index contributed by atoms with van der Waals surface area (Å²) < 4.78 is 40.4. The van der Waals surface area contributed by atoms with E-state index in [2.05, 4.69) is 10.2 Å². The van der Waals surface area contributed by atoms with E-state index in [1.165, 1.54) is 24.3 Å². The van der Waals surface area contributed by atoms with Gasteiger partial charge in [-0.1, -0.05) is 42.5 Å². The van der Waals surface area contributed by atoms with Crippen molar-refractivity contribution in [3.63, 3.8) is 0 Å². The van der Waals surface area contributed by atoms with E-state index in [-0.39, 0.29) is 5.56 Å². The van der Waals surface area contributed by atoms with Crippen LogP contribution in [0.4, 0.5) is 18.9 Å². The van der Waals surface area contributed by atoms with Crippen molar-refractivity contribution in [3.8, 4) is 0 Å². The zero-order chi connectivity index (χ0) is 20.9. The van der Waals surface area contributed by atoms with E-state index in [0.717, 1.165) is 42.3 Å². The van der Waals surface area contributed by atoms with Gasteiger partial charge in [-0.15, -0.1) is 0 Å². The first-order chi connectivity index (χ1) is 13.8. The van der Waals surface area contributed by atoms with Crippen molar-refractivity contribution in [1.82, 2.24) is 4.90 Å². The molecule has 29 heavy (non-hydrogen) atoms. The van der Waals surface area contributed by atoms with Gasteiger partial charge in [0.1, 0.15) is 0 Å². The van der Waals surface area contributed by atoms with Crippen molar-refractivity contribution >= 4 is 28.9 Å². The minimum atomic E-state index is -4.62. The molecule has 0 radical (unpaired) electrons. The molecule has 1 heterocycles. The fourth-order valence-electron chi connectivity index (χ4n) is 3.17. The number of nitrogens with one attached hydrogen (secondary N) is 1. The normalized spacial score (nSPS) is 15.9. The monoisotopic (exact) mass is 420 g/mol. The highest BCUT2D eigenvalue weighted by Gasteiger charge is 2.35.